The summed E-state index contributed by atoms with van der Waals surface area (Å²) in [6, 6.07) is 8.89. The second-order valence-electron chi connectivity index (χ2n) is 5.55. The van der Waals surface area contributed by atoms with Crippen molar-refractivity contribution in [3.8, 4) is 0 Å². The van der Waals surface area contributed by atoms with Gasteiger partial charge in [0.25, 0.3) is 15.9 Å². The summed E-state index contributed by atoms with van der Waals surface area (Å²) < 4.78 is 45.5. The molecule has 0 radical (unpaired) electrons. The van der Waals surface area contributed by atoms with Crippen molar-refractivity contribution in [2.45, 2.75) is 24.8 Å². The lowest BCUT2D eigenvalue weighted by Crippen LogP contribution is -2.30. The van der Waals surface area contributed by atoms with Crippen molar-refractivity contribution < 1.29 is 27.1 Å². The fourth-order valence-corrected chi connectivity index (χ4v) is 3.38. The first-order valence-corrected chi connectivity index (χ1v) is 8.98. The molecular weight excluding hydrogens is 363 g/mol. The van der Waals surface area contributed by atoms with E-state index in [4.69, 9.17) is 10.5 Å². The number of anilines is 1. The maximum atomic E-state index is 13.4. The Morgan fingerprint density at radius 2 is 1.88 bits per heavy atom. The zero-order valence-corrected chi connectivity index (χ0v) is 14.8. The van der Waals surface area contributed by atoms with Crippen molar-refractivity contribution in [2.75, 3.05) is 4.72 Å². The number of hydrogen-bond acceptors (Lipinski definition) is 5. The van der Waals surface area contributed by atoms with Gasteiger partial charge in [-0.2, -0.15) is 0 Å². The second kappa shape index (κ2) is 7.52. The predicted octanol–water partition coefficient (Wildman–Crippen LogP) is 1.97. The molecule has 2 aromatic rings. The highest BCUT2D eigenvalue weighted by Crippen LogP contribution is 2.21. The van der Waals surface area contributed by atoms with Gasteiger partial charge in [0.05, 0.1) is 10.5 Å². The maximum absolute atomic E-state index is 13.4. The minimum Gasteiger partial charge on any atom is -0.449 e. The Balaban J connectivity index is 2.26. The van der Waals surface area contributed by atoms with Gasteiger partial charge < -0.3 is 10.5 Å². The molecule has 0 saturated carbocycles. The molecule has 1 amide bonds. The number of nitrogens with two attached hydrogens (primary N) is 1. The molecule has 0 aliphatic carbocycles. The summed E-state index contributed by atoms with van der Waals surface area (Å²) >= 11 is 0. The Morgan fingerprint density at radius 3 is 2.54 bits per heavy atom. The van der Waals surface area contributed by atoms with Crippen LogP contribution in [0, 0.1) is 12.7 Å². The molecule has 138 valence electrons. The van der Waals surface area contributed by atoms with E-state index >= 15 is 0 Å². The van der Waals surface area contributed by atoms with Crippen molar-refractivity contribution in [1.82, 2.24) is 0 Å². The third-order valence-electron chi connectivity index (χ3n) is 3.47. The number of aryl methyl sites for hydroxylation is 1. The Labute approximate surface area is 150 Å². The first kappa shape index (κ1) is 19.4. The second-order valence-corrected chi connectivity index (χ2v) is 7.20. The molecule has 0 aliphatic heterocycles. The van der Waals surface area contributed by atoms with Gasteiger partial charge in [0, 0.05) is 5.69 Å². The van der Waals surface area contributed by atoms with E-state index in [0.717, 1.165) is 12.1 Å². The summed E-state index contributed by atoms with van der Waals surface area (Å²) in [4.78, 5) is 22.7. The van der Waals surface area contributed by atoms with Gasteiger partial charge in [-0.1, -0.05) is 12.1 Å². The number of primary amides is 1. The third-order valence-corrected chi connectivity index (χ3v) is 5.00. The molecule has 2 rings (SSSR count). The molecule has 3 N–H and O–H groups in total. The standard InChI is InChI=1S/C17H17FN2O5S/c1-10-6-7-13(18)9-15(10)26(23,24)20-14-5-3-4-12(8-14)17(22)25-11(2)16(19)21/h3-9,11,20H,1-2H3,(H2,19,21)/t11-/m1/s1. The molecule has 0 aliphatic rings. The number of sulfonamides is 1. The first-order valence-electron chi connectivity index (χ1n) is 7.49. The van der Waals surface area contributed by atoms with Crippen molar-refractivity contribution >= 4 is 27.6 Å². The van der Waals surface area contributed by atoms with Crippen molar-refractivity contribution in [1.29, 1.82) is 0 Å². The fraction of sp³-hybridized carbons (Fsp3) is 0.176. The molecule has 0 aromatic heterocycles. The van der Waals surface area contributed by atoms with Crippen LogP contribution < -0.4 is 10.5 Å². The normalized spacial score (nSPS) is 12.3. The first-order chi connectivity index (χ1) is 12.1. The molecular formula is C17H17FN2O5S. The van der Waals surface area contributed by atoms with Gasteiger partial charge in [0.1, 0.15) is 5.82 Å². The SMILES string of the molecule is Cc1ccc(F)cc1S(=O)(=O)Nc1cccc(C(=O)O[C@H](C)C(N)=O)c1. The monoisotopic (exact) mass is 380 g/mol. The predicted molar refractivity (Wildman–Crippen MR) is 92.5 cm³/mol. The molecule has 0 saturated heterocycles. The molecule has 0 bridgehead atoms. The van der Waals surface area contributed by atoms with E-state index in [0.29, 0.717) is 5.56 Å². The number of hydrogen-bond donors (Lipinski definition) is 2. The number of carbonyl (C=O) groups is 2. The lowest BCUT2D eigenvalue weighted by molar-refractivity contribution is -0.125. The molecule has 7 nitrogen and oxygen atoms in total. The van der Waals surface area contributed by atoms with Gasteiger partial charge in [-0.05, 0) is 49.7 Å². The van der Waals surface area contributed by atoms with Crippen molar-refractivity contribution in [3.63, 3.8) is 0 Å². The van der Waals surface area contributed by atoms with E-state index in [-0.39, 0.29) is 16.1 Å². The number of esters is 1. The van der Waals surface area contributed by atoms with Crippen LogP contribution in [0.1, 0.15) is 22.8 Å². The summed E-state index contributed by atoms with van der Waals surface area (Å²) in [5.41, 5.74) is 5.49. The molecule has 0 spiro atoms. The topological polar surface area (TPSA) is 116 Å². The minimum absolute atomic E-state index is 0.0225. The van der Waals surface area contributed by atoms with E-state index in [1.54, 1.807) is 0 Å². The maximum Gasteiger partial charge on any atom is 0.338 e. The number of nitrogens with one attached hydrogen (secondary N) is 1. The number of amides is 1. The molecule has 2 aromatic carbocycles. The number of carbonyl (C=O) groups excluding carboxylic acids is 2. The lowest BCUT2D eigenvalue weighted by atomic mass is 10.2. The van der Waals surface area contributed by atoms with E-state index in [9.17, 15) is 22.4 Å². The van der Waals surface area contributed by atoms with Gasteiger partial charge in [-0.15, -0.1) is 0 Å². The van der Waals surface area contributed by atoms with Gasteiger partial charge in [0.2, 0.25) is 0 Å². The quantitative estimate of drug-likeness (QED) is 0.744. The molecule has 0 heterocycles. The van der Waals surface area contributed by atoms with E-state index in [1.807, 2.05) is 0 Å². The molecule has 26 heavy (non-hydrogen) atoms. The highest BCUT2D eigenvalue weighted by molar-refractivity contribution is 7.92. The summed E-state index contributed by atoms with van der Waals surface area (Å²) in [5.74, 6) is -2.33. The Morgan fingerprint density at radius 1 is 1.19 bits per heavy atom. The zero-order valence-electron chi connectivity index (χ0n) is 14.0. The third kappa shape index (κ3) is 4.57. The minimum atomic E-state index is -4.06. The fourth-order valence-electron chi connectivity index (χ4n) is 2.07. The van der Waals surface area contributed by atoms with Crippen molar-refractivity contribution in [2.24, 2.45) is 5.73 Å². The molecule has 1 atom stereocenters. The number of ether oxygens (including phenoxy) is 1. The van der Waals surface area contributed by atoms with Gasteiger partial charge >= 0.3 is 5.97 Å². The van der Waals surface area contributed by atoms with Crippen LogP contribution in [-0.4, -0.2) is 26.4 Å². The summed E-state index contributed by atoms with van der Waals surface area (Å²) in [5, 5.41) is 0. The number of halogens is 1. The highest BCUT2D eigenvalue weighted by atomic mass is 32.2. The molecule has 0 fully saturated rings. The van der Waals surface area contributed by atoms with Crippen molar-refractivity contribution in [3.05, 3.63) is 59.4 Å². The summed E-state index contributed by atoms with van der Waals surface area (Å²) in [6.45, 7) is 2.85. The van der Waals surface area contributed by atoms with Crippen LogP contribution >= 0.6 is 0 Å². The average molecular weight is 380 g/mol. The molecule has 0 unspecified atom stereocenters. The molecule has 9 heteroatoms. The number of benzene rings is 2. The van der Waals surface area contributed by atoms with Gasteiger partial charge in [0.15, 0.2) is 6.10 Å². The van der Waals surface area contributed by atoms with Crippen LogP contribution in [0.25, 0.3) is 0 Å². The zero-order chi connectivity index (χ0) is 19.5. The number of rotatable bonds is 6. The van der Waals surface area contributed by atoms with Gasteiger partial charge in [-0.3, -0.25) is 9.52 Å². The lowest BCUT2D eigenvalue weighted by Gasteiger charge is -2.12. The van der Waals surface area contributed by atoms with E-state index in [2.05, 4.69) is 4.72 Å². The Kier molecular flexibility index (Phi) is 5.61. The average Bonchev–Trinajstić information content (AvgIpc) is 2.56. The van der Waals surface area contributed by atoms with Gasteiger partial charge in [-0.25, -0.2) is 17.6 Å². The van der Waals surface area contributed by atoms with Crippen LogP contribution in [0.5, 0.6) is 0 Å². The van der Waals surface area contributed by atoms with E-state index in [1.165, 1.54) is 44.2 Å². The summed E-state index contributed by atoms with van der Waals surface area (Å²) in [7, 11) is -4.06. The Bertz CT molecular complexity index is 959. The van der Waals surface area contributed by atoms with Crippen LogP contribution in [0.4, 0.5) is 10.1 Å². The smallest absolute Gasteiger partial charge is 0.338 e. The van der Waals surface area contributed by atoms with E-state index < -0.39 is 33.8 Å². The Hall–Kier alpha value is -2.94. The summed E-state index contributed by atoms with van der Waals surface area (Å²) in [6.07, 6.45) is -1.13. The van der Waals surface area contributed by atoms with Crippen LogP contribution in [0.3, 0.4) is 0 Å². The van der Waals surface area contributed by atoms with Crippen LogP contribution in [-0.2, 0) is 19.6 Å². The largest absolute Gasteiger partial charge is 0.449 e. The van der Waals surface area contributed by atoms with Crippen LogP contribution in [0.15, 0.2) is 47.4 Å². The highest BCUT2D eigenvalue weighted by Gasteiger charge is 2.20. The van der Waals surface area contributed by atoms with Crippen LogP contribution in [0.2, 0.25) is 0 Å².